The SMILES string of the molecule is Cc1cc(C(=O)NC(CC(F)(F)F)C(=O)O)nc(C(F)(F)F)n1. The highest BCUT2D eigenvalue weighted by Gasteiger charge is 2.38. The van der Waals surface area contributed by atoms with Crippen LogP contribution < -0.4 is 5.32 Å². The summed E-state index contributed by atoms with van der Waals surface area (Å²) in [7, 11) is 0. The molecule has 0 fully saturated rings. The topological polar surface area (TPSA) is 92.2 Å². The quantitative estimate of drug-likeness (QED) is 0.814. The van der Waals surface area contributed by atoms with Crippen LogP contribution >= 0.6 is 0 Å². The van der Waals surface area contributed by atoms with Crippen LogP contribution in [0.2, 0.25) is 0 Å². The summed E-state index contributed by atoms with van der Waals surface area (Å²) < 4.78 is 74.2. The summed E-state index contributed by atoms with van der Waals surface area (Å²) in [6.45, 7) is 1.11. The Bertz CT molecular complexity index is 614. The van der Waals surface area contributed by atoms with Gasteiger partial charge in [0.2, 0.25) is 5.82 Å². The number of rotatable bonds is 4. The van der Waals surface area contributed by atoms with Crippen LogP contribution in [0.25, 0.3) is 0 Å². The molecule has 128 valence electrons. The molecule has 1 amide bonds. The smallest absolute Gasteiger partial charge is 0.451 e. The molecule has 0 bridgehead atoms. The normalized spacial score (nSPS) is 13.5. The molecule has 0 saturated carbocycles. The second-order valence-corrected chi connectivity index (χ2v) is 4.40. The minimum absolute atomic E-state index is 0.264. The summed E-state index contributed by atoms with van der Waals surface area (Å²) in [5.74, 6) is -5.14. The zero-order valence-electron chi connectivity index (χ0n) is 11.3. The van der Waals surface area contributed by atoms with E-state index < -0.39 is 48.2 Å². The molecular weight excluding hydrogens is 336 g/mol. The van der Waals surface area contributed by atoms with E-state index >= 15 is 0 Å². The molecule has 12 heteroatoms. The maximum atomic E-state index is 12.5. The number of amides is 1. The number of halogens is 6. The van der Waals surface area contributed by atoms with Crippen molar-refractivity contribution >= 4 is 11.9 Å². The van der Waals surface area contributed by atoms with E-state index in [1.807, 2.05) is 0 Å². The number of carboxylic acids is 1. The Morgan fingerprint density at radius 1 is 1.22 bits per heavy atom. The highest BCUT2D eigenvalue weighted by molar-refractivity contribution is 5.95. The lowest BCUT2D eigenvalue weighted by atomic mass is 10.2. The second kappa shape index (κ2) is 6.38. The molecule has 23 heavy (non-hydrogen) atoms. The van der Waals surface area contributed by atoms with Crippen LogP contribution in [-0.4, -0.2) is 39.2 Å². The number of carbonyl (C=O) groups excluding carboxylic acids is 1. The molecule has 6 nitrogen and oxygen atoms in total. The van der Waals surface area contributed by atoms with Crippen LogP contribution in [0.4, 0.5) is 26.3 Å². The molecule has 0 spiro atoms. The molecule has 1 aromatic rings. The van der Waals surface area contributed by atoms with E-state index in [4.69, 9.17) is 5.11 Å². The first-order chi connectivity index (χ1) is 10.3. The van der Waals surface area contributed by atoms with Crippen LogP contribution in [0.1, 0.15) is 28.4 Å². The fraction of sp³-hybridized carbons (Fsp3) is 0.455. The lowest BCUT2D eigenvalue weighted by Crippen LogP contribution is -2.44. The Balaban J connectivity index is 3.05. The van der Waals surface area contributed by atoms with E-state index in [0.717, 1.165) is 13.0 Å². The van der Waals surface area contributed by atoms with E-state index in [1.165, 1.54) is 5.32 Å². The largest absolute Gasteiger partial charge is 0.480 e. The number of nitrogens with zero attached hydrogens (tertiary/aromatic N) is 2. The van der Waals surface area contributed by atoms with Crippen LogP contribution in [-0.2, 0) is 11.0 Å². The summed E-state index contributed by atoms with van der Waals surface area (Å²) in [5.41, 5.74) is -1.15. The van der Waals surface area contributed by atoms with Crippen LogP contribution in [0.5, 0.6) is 0 Å². The third-order valence-electron chi connectivity index (χ3n) is 2.38. The third-order valence-corrected chi connectivity index (χ3v) is 2.38. The minimum atomic E-state index is -4.97. The summed E-state index contributed by atoms with van der Waals surface area (Å²) in [6.07, 6.45) is -11.8. The molecule has 0 aliphatic heterocycles. The summed E-state index contributed by atoms with van der Waals surface area (Å²) >= 11 is 0. The van der Waals surface area contributed by atoms with E-state index in [-0.39, 0.29) is 5.69 Å². The van der Waals surface area contributed by atoms with Crippen molar-refractivity contribution in [2.45, 2.75) is 31.7 Å². The van der Waals surface area contributed by atoms with Crippen molar-refractivity contribution in [1.29, 1.82) is 0 Å². The van der Waals surface area contributed by atoms with E-state index in [9.17, 15) is 35.9 Å². The Kier molecular flexibility index (Phi) is 5.17. The fourth-order valence-corrected chi connectivity index (χ4v) is 1.48. The van der Waals surface area contributed by atoms with Crippen molar-refractivity contribution in [1.82, 2.24) is 15.3 Å². The van der Waals surface area contributed by atoms with Gasteiger partial charge in [0.05, 0.1) is 6.42 Å². The first-order valence-corrected chi connectivity index (χ1v) is 5.83. The van der Waals surface area contributed by atoms with Crippen LogP contribution in [0.3, 0.4) is 0 Å². The summed E-state index contributed by atoms with van der Waals surface area (Å²) in [5, 5.41) is 10.1. The molecule has 0 aliphatic rings. The van der Waals surface area contributed by atoms with E-state index in [0.29, 0.717) is 0 Å². The monoisotopic (exact) mass is 345 g/mol. The number of alkyl halides is 6. The first-order valence-electron chi connectivity index (χ1n) is 5.83. The average molecular weight is 345 g/mol. The zero-order valence-corrected chi connectivity index (χ0v) is 11.3. The van der Waals surface area contributed by atoms with Gasteiger partial charge in [-0.05, 0) is 13.0 Å². The lowest BCUT2D eigenvalue weighted by molar-refractivity contribution is -0.157. The number of carbonyl (C=O) groups is 2. The van der Waals surface area contributed by atoms with Gasteiger partial charge in [-0.1, -0.05) is 0 Å². The van der Waals surface area contributed by atoms with Crippen LogP contribution in [0.15, 0.2) is 6.07 Å². The van der Waals surface area contributed by atoms with Gasteiger partial charge < -0.3 is 10.4 Å². The maximum Gasteiger partial charge on any atom is 0.451 e. The highest BCUT2D eigenvalue weighted by Crippen LogP contribution is 2.26. The van der Waals surface area contributed by atoms with Gasteiger partial charge in [-0.3, -0.25) is 4.79 Å². The van der Waals surface area contributed by atoms with Crippen molar-refractivity contribution in [2.24, 2.45) is 0 Å². The number of nitrogens with one attached hydrogen (secondary N) is 1. The second-order valence-electron chi connectivity index (χ2n) is 4.40. The maximum absolute atomic E-state index is 12.5. The Morgan fingerprint density at radius 3 is 2.22 bits per heavy atom. The molecular formula is C11H9F6N3O3. The number of hydrogen-bond donors (Lipinski definition) is 2. The Labute approximate surface area is 124 Å². The van der Waals surface area contributed by atoms with Gasteiger partial charge >= 0.3 is 18.3 Å². The zero-order chi connectivity index (χ0) is 18.0. The van der Waals surface area contributed by atoms with Gasteiger partial charge in [0.1, 0.15) is 11.7 Å². The van der Waals surface area contributed by atoms with Crippen LogP contribution in [0, 0.1) is 6.92 Å². The number of aromatic nitrogens is 2. The van der Waals surface area contributed by atoms with Crippen molar-refractivity contribution in [3.8, 4) is 0 Å². The number of carboxylic acid groups (broad SMARTS) is 1. The summed E-state index contributed by atoms with van der Waals surface area (Å²) in [6, 6.07) is -1.57. The van der Waals surface area contributed by atoms with E-state index in [1.54, 1.807) is 0 Å². The van der Waals surface area contributed by atoms with E-state index in [2.05, 4.69) is 9.97 Å². The molecule has 1 atom stereocenters. The van der Waals surface area contributed by atoms with Gasteiger partial charge in [0.15, 0.2) is 0 Å². The fourth-order valence-electron chi connectivity index (χ4n) is 1.48. The predicted molar refractivity (Wildman–Crippen MR) is 61.3 cm³/mol. The molecule has 0 aliphatic carbocycles. The molecule has 1 unspecified atom stereocenters. The highest BCUT2D eigenvalue weighted by atomic mass is 19.4. The third kappa shape index (κ3) is 5.71. The Morgan fingerprint density at radius 2 is 1.78 bits per heavy atom. The molecule has 1 heterocycles. The average Bonchev–Trinajstić information content (AvgIpc) is 2.34. The molecule has 2 N–H and O–H groups in total. The van der Waals surface area contributed by atoms with Crippen molar-refractivity contribution in [3.05, 3.63) is 23.3 Å². The number of aryl methyl sites for hydroxylation is 1. The minimum Gasteiger partial charge on any atom is -0.480 e. The summed E-state index contributed by atoms with van der Waals surface area (Å²) in [4.78, 5) is 28.3. The lowest BCUT2D eigenvalue weighted by Gasteiger charge is -2.16. The predicted octanol–water partition coefficient (Wildman–Crippen LogP) is 1.94. The van der Waals surface area contributed by atoms with Crippen molar-refractivity contribution in [2.75, 3.05) is 0 Å². The van der Waals surface area contributed by atoms with Gasteiger partial charge in [0.25, 0.3) is 5.91 Å². The molecule has 0 saturated heterocycles. The standard InChI is InChI=1S/C11H9F6N3O3/c1-4-2-5(20-9(18-4)11(15,16)17)7(21)19-6(8(22)23)3-10(12,13)14/h2,6H,3H2,1H3,(H,19,21)(H,22,23). The number of aliphatic carboxylic acids is 1. The van der Waals surface area contributed by atoms with Crippen molar-refractivity contribution in [3.63, 3.8) is 0 Å². The molecule has 1 aromatic heterocycles. The molecule has 0 aromatic carbocycles. The van der Waals surface area contributed by atoms with Gasteiger partial charge in [-0.15, -0.1) is 0 Å². The van der Waals surface area contributed by atoms with Gasteiger partial charge in [-0.25, -0.2) is 14.8 Å². The first kappa shape index (κ1) is 18.6. The number of hydrogen-bond acceptors (Lipinski definition) is 4. The molecule has 0 radical (unpaired) electrons. The van der Waals surface area contributed by atoms with Gasteiger partial charge in [0, 0.05) is 5.69 Å². The molecule has 1 rings (SSSR count). The van der Waals surface area contributed by atoms with Crippen molar-refractivity contribution < 1.29 is 41.0 Å². The Hall–Kier alpha value is -2.40. The van der Waals surface area contributed by atoms with Gasteiger partial charge in [-0.2, -0.15) is 26.3 Å².